The lowest BCUT2D eigenvalue weighted by atomic mass is 10.1. The molecule has 0 atom stereocenters. The molecular weight excluding hydrogens is 468 g/mol. The van der Waals surface area contributed by atoms with Gasteiger partial charge in [0.15, 0.2) is 11.5 Å². The van der Waals surface area contributed by atoms with Crippen LogP contribution in [0.4, 0.5) is 0 Å². The van der Waals surface area contributed by atoms with E-state index in [0.29, 0.717) is 5.56 Å². The molecule has 0 spiro atoms. The Morgan fingerprint density at radius 1 is 1.00 bits per heavy atom. The van der Waals surface area contributed by atoms with Crippen molar-refractivity contribution >= 4 is 31.7 Å². The molecule has 1 aliphatic rings. The van der Waals surface area contributed by atoms with Crippen molar-refractivity contribution < 1.29 is 31.2 Å². The SMILES string of the molecule is CC(C)(C)N1C(=O)C(NCCOc2ccccc2OS(C)(=O)=O)=C(c2ccccc2)S1(O)O. The van der Waals surface area contributed by atoms with Gasteiger partial charge in [0.2, 0.25) is 0 Å². The van der Waals surface area contributed by atoms with Crippen LogP contribution >= 0.6 is 10.8 Å². The molecule has 1 heterocycles. The van der Waals surface area contributed by atoms with Crippen molar-refractivity contribution in [2.45, 2.75) is 26.3 Å². The lowest BCUT2D eigenvalue weighted by Crippen LogP contribution is -2.45. The lowest BCUT2D eigenvalue weighted by Gasteiger charge is -2.45. The van der Waals surface area contributed by atoms with Crippen molar-refractivity contribution in [3.8, 4) is 11.5 Å². The first-order chi connectivity index (χ1) is 15.3. The molecular formula is C22H28N2O7S2. The fourth-order valence-corrected chi connectivity index (χ4v) is 6.03. The lowest BCUT2D eigenvalue weighted by molar-refractivity contribution is -0.125. The zero-order valence-electron chi connectivity index (χ0n) is 18.8. The zero-order valence-corrected chi connectivity index (χ0v) is 20.4. The summed E-state index contributed by atoms with van der Waals surface area (Å²) in [5.74, 6) is -0.253. The standard InChI is InChI=1S/C22H28N2O7S2/c1-22(2,3)24-21(25)19(20(33(24,28)29)16-10-6-5-7-11-16)23-14-15-30-17-12-8-9-13-18(17)31-32(4,26)27/h5-13,23,28-29H,14-15H2,1-4H3. The molecule has 3 rings (SSSR count). The summed E-state index contributed by atoms with van der Waals surface area (Å²) in [5, 5.41) is 2.98. The van der Waals surface area contributed by atoms with Crippen molar-refractivity contribution in [1.29, 1.82) is 0 Å². The van der Waals surface area contributed by atoms with Gasteiger partial charge in [-0.1, -0.05) is 53.2 Å². The van der Waals surface area contributed by atoms with E-state index < -0.39 is 32.3 Å². The maximum Gasteiger partial charge on any atom is 0.306 e. The van der Waals surface area contributed by atoms with Crippen molar-refractivity contribution in [1.82, 2.24) is 9.62 Å². The average molecular weight is 497 g/mol. The van der Waals surface area contributed by atoms with Crippen LogP contribution in [0.5, 0.6) is 11.5 Å². The third-order valence-electron chi connectivity index (χ3n) is 4.55. The van der Waals surface area contributed by atoms with Gasteiger partial charge in [-0.3, -0.25) is 13.9 Å². The van der Waals surface area contributed by atoms with Crippen molar-refractivity contribution in [3.05, 3.63) is 65.9 Å². The molecule has 2 aromatic rings. The molecule has 0 saturated carbocycles. The minimum Gasteiger partial charge on any atom is -0.488 e. The van der Waals surface area contributed by atoms with E-state index >= 15 is 0 Å². The number of hydrogen-bond donors (Lipinski definition) is 3. The van der Waals surface area contributed by atoms with Gasteiger partial charge in [-0.15, -0.1) is 0 Å². The first-order valence-corrected chi connectivity index (χ1v) is 13.4. The molecule has 2 aromatic carbocycles. The normalized spacial score (nSPS) is 17.2. The fourth-order valence-electron chi connectivity index (χ4n) is 3.42. The molecule has 3 N–H and O–H groups in total. The Labute approximate surface area is 195 Å². The highest BCUT2D eigenvalue weighted by Gasteiger charge is 2.49. The van der Waals surface area contributed by atoms with Crippen LogP contribution in [0.1, 0.15) is 26.3 Å². The second-order valence-electron chi connectivity index (χ2n) is 8.37. The summed E-state index contributed by atoms with van der Waals surface area (Å²) in [7, 11) is -7.31. The Balaban J connectivity index is 1.82. The molecule has 0 saturated heterocycles. The minimum atomic E-state index is -3.73. The van der Waals surface area contributed by atoms with Crippen LogP contribution in [0.2, 0.25) is 0 Å². The summed E-state index contributed by atoms with van der Waals surface area (Å²) < 4.78 is 56.7. The monoisotopic (exact) mass is 496 g/mol. The van der Waals surface area contributed by atoms with Crippen LogP contribution in [0.25, 0.3) is 4.91 Å². The molecule has 33 heavy (non-hydrogen) atoms. The number of carbonyl (C=O) groups is 1. The number of amides is 1. The van der Waals surface area contributed by atoms with Crippen LogP contribution in [0.3, 0.4) is 0 Å². The van der Waals surface area contributed by atoms with Crippen molar-refractivity contribution in [2.24, 2.45) is 0 Å². The molecule has 0 radical (unpaired) electrons. The van der Waals surface area contributed by atoms with Gasteiger partial charge in [0.05, 0.1) is 11.8 Å². The van der Waals surface area contributed by atoms with Crippen LogP contribution in [-0.2, 0) is 14.9 Å². The van der Waals surface area contributed by atoms with E-state index in [4.69, 9.17) is 8.92 Å². The highest BCUT2D eigenvalue weighted by molar-refractivity contribution is 8.31. The number of carbonyl (C=O) groups excluding carboxylic acids is 1. The minimum absolute atomic E-state index is 0.0502. The topological polar surface area (TPSA) is 125 Å². The van der Waals surface area contributed by atoms with Gasteiger partial charge >= 0.3 is 10.1 Å². The predicted molar refractivity (Wildman–Crippen MR) is 128 cm³/mol. The number of nitrogens with one attached hydrogen (secondary N) is 1. The summed E-state index contributed by atoms with van der Waals surface area (Å²) in [5.41, 5.74) is -0.231. The Hall–Kier alpha value is -2.73. The molecule has 1 aliphatic heterocycles. The maximum absolute atomic E-state index is 13.2. The quantitative estimate of drug-likeness (QED) is 0.373. The van der Waals surface area contributed by atoms with E-state index in [-0.39, 0.29) is 35.3 Å². The van der Waals surface area contributed by atoms with Gasteiger partial charge in [-0.25, -0.2) is 4.31 Å². The van der Waals surface area contributed by atoms with Crippen LogP contribution < -0.4 is 14.2 Å². The Morgan fingerprint density at radius 3 is 2.15 bits per heavy atom. The van der Waals surface area contributed by atoms with Gasteiger partial charge in [0, 0.05) is 12.1 Å². The summed E-state index contributed by atoms with van der Waals surface area (Å²) in [6.45, 7) is 5.38. The summed E-state index contributed by atoms with van der Waals surface area (Å²) in [4.78, 5) is 13.3. The van der Waals surface area contributed by atoms with Crippen molar-refractivity contribution in [2.75, 3.05) is 19.4 Å². The van der Waals surface area contributed by atoms with E-state index in [1.54, 1.807) is 69.3 Å². The van der Waals surface area contributed by atoms with Crippen LogP contribution in [-0.4, -0.2) is 52.7 Å². The molecule has 0 unspecified atom stereocenters. The number of nitrogens with zero attached hydrogens (tertiary/aromatic N) is 1. The molecule has 0 aliphatic carbocycles. The number of ether oxygens (including phenoxy) is 1. The van der Waals surface area contributed by atoms with E-state index in [0.717, 1.165) is 10.6 Å². The largest absolute Gasteiger partial charge is 0.488 e. The Kier molecular flexibility index (Phi) is 6.99. The van der Waals surface area contributed by atoms with E-state index in [1.165, 1.54) is 6.07 Å². The molecule has 0 bridgehead atoms. The molecule has 0 aromatic heterocycles. The van der Waals surface area contributed by atoms with Gasteiger partial charge in [0.25, 0.3) is 5.91 Å². The number of hydrogen-bond acceptors (Lipinski definition) is 8. The van der Waals surface area contributed by atoms with Gasteiger partial charge in [-0.2, -0.15) is 8.42 Å². The van der Waals surface area contributed by atoms with Crippen molar-refractivity contribution in [3.63, 3.8) is 0 Å². The fraction of sp³-hybridized carbons (Fsp3) is 0.318. The maximum atomic E-state index is 13.2. The molecule has 9 nitrogen and oxygen atoms in total. The Bertz CT molecular complexity index is 1160. The first kappa shape index (κ1) is 24.9. The van der Waals surface area contributed by atoms with Gasteiger partial charge < -0.3 is 14.2 Å². The third-order valence-corrected chi connectivity index (χ3v) is 7.24. The molecule has 180 valence electrons. The summed E-state index contributed by atoms with van der Waals surface area (Å²) in [6, 6.07) is 15.0. The van der Waals surface area contributed by atoms with Gasteiger partial charge in [0.1, 0.15) is 17.2 Å². The smallest absolute Gasteiger partial charge is 0.306 e. The molecule has 0 fully saturated rings. The third kappa shape index (κ3) is 5.61. The van der Waals surface area contributed by atoms with Crippen LogP contribution in [0, 0.1) is 0 Å². The summed E-state index contributed by atoms with van der Waals surface area (Å²) in [6.07, 6.45) is 0.938. The highest BCUT2D eigenvalue weighted by atomic mass is 32.3. The Morgan fingerprint density at radius 2 is 1.58 bits per heavy atom. The second-order valence-corrected chi connectivity index (χ2v) is 11.8. The first-order valence-electron chi connectivity index (χ1n) is 10.1. The second kappa shape index (κ2) is 9.26. The predicted octanol–water partition coefficient (Wildman–Crippen LogP) is 3.67. The average Bonchev–Trinajstić information content (AvgIpc) is 2.90. The summed E-state index contributed by atoms with van der Waals surface area (Å²) >= 11 is 0. The molecule has 11 heteroatoms. The number of para-hydroxylation sites is 2. The zero-order chi connectivity index (χ0) is 24.4. The van der Waals surface area contributed by atoms with E-state index in [2.05, 4.69) is 5.32 Å². The number of rotatable bonds is 8. The van der Waals surface area contributed by atoms with E-state index in [1.807, 2.05) is 0 Å². The van der Waals surface area contributed by atoms with Gasteiger partial charge in [-0.05, 0) is 32.9 Å². The van der Waals surface area contributed by atoms with E-state index in [9.17, 15) is 22.3 Å². The highest BCUT2D eigenvalue weighted by Crippen LogP contribution is 2.63. The van der Waals surface area contributed by atoms with Crippen LogP contribution in [0.15, 0.2) is 60.3 Å². The molecule has 1 amide bonds. The number of benzene rings is 2.